The van der Waals surface area contributed by atoms with Crippen molar-refractivity contribution < 1.29 is 31.6 Å². The van der Waals surface area contributed by atoms with Gasteiger partial charge in [0.2, 0.25) is 0 Å². The SMILES string of the molecule is C[C@H]1CC2C[C@H](/C=N/O)CC1[C@@H]2S(=O)(=O)c1cc(C(=O)Nc2cc(F)c(F)c(F)c2)ccc1Cl. The van der Waals surface area contributed by atoms with Gasteiger partial charge in [0.05, 0.1) is 15.2 Å². The lowest BCUT2D eigenvalue weighted by Gasteiger charge is -2.34. The van der Waals surface area contributed by atoms with E-state index in [1.165, 1.54) is 18.3 Å². The largest absolute Gasteiger partial charge is 0.411 e. The number of sulfone groups is 1. The number of nitrogens with one attached hydrogen (secondary N) is 1. The number of nitrogens with zero attached hydrogens (tertiary/aromatic N) is 1. The molecule has 0 aromatic heterocycles. The minimum absolute atomic E-state index is 0.0134. The summed E-state index contributed by atoms with van der Waals surface area (Å²) in [6.07, 6.45) is 3.28. The predicted octanol–water partition coefficient (Wildman–Crippen LogP) is 5.29. The number of oxime groups is 1. The molecule has 0 saturated heterocycles. The number of rotatable bonds is 5. The van der Waals surface area contributed by atoms with E-state index >= 15 is 0 Å². The van der Waals surface area contributed by atoms with Gasteiger partial charge in [0.1, 0.15) is 0 Å². The molecule has 1 amide bonds. The Balaban J connectivity index is 1.64. The van der Waals surface area contributed by atoms with Gasteiger partial charge < -0.3 is 10.5 Å². The first-order valence-corrected chi connectivity index (χ1v) is 12.6. The molecule has 11 heteroatoms. The normalized spacial score (nSPS) is 26.7. The predicted molar refractivity (Wildman–Crippen MR) is 120 cm³/mol. The average molecular weight is 515 g/mol. The van der Waals surface area contributed by atoms with Crippen molar-refractivity contribution in [2.45, 2.75) is 36.3 Å². The van der Waals surface area contributed by atoms with Crippen LogP contribution in [0.2, 0.25) is 5.02 Å². The molecule has 6 nitrogen and oxygen atoms in total. The highest BCUT2D eigenvalue weighted by Gasteiger charge is 2.52. The number of halogens is 4. The lowest BCUT2D eigenvalue weighted by molar-refractivity contribution is 0.102. The molecule has 0 aliphatic heterocycles. The first-order chi connectivity index (χ1) is 16.0. The van der Waals surface area contributed by atoms with Crippen molar-refractivity contribution in [2.75, 3.05) is 5.32 Å². The van der Waals surface area contributed by atoms with Crippen molar-refractivity contribution in [1.29, 1.82) is 0 Å². The molecular weight excluding hydrogens is 493 g/mol. The summed E-state index contributed by atoms with van der Waals surface area (Å²) >= 11 is 6.25. The zero-order valence-corrected chi connectivity index (χ0v) is 19.6. The number of benzene rings is 2. The Bertz CT molecular complexity index is 1250. The molecule has 0 spiro atoms. The fourth-order valence-electron chi connectivity index (χ4n) is 5.43. The highest BCUT2D eigenvalue weighted by atomic mass is 35.5. The summed E-state index contributed by atoms with van der Waals surface area (Å²) < 4.78 is 67.5. The molecular formula is C23H22ClF3N2O4S. The Kier molecular flexibility index (Phi) is 6.65. The van der Waals surface area contributed by atoms with Crippen molar-refractivity contribution in [3.63, 3.8) is 0 Å². The minimum Gasteiger partial charge on any atom is -0.411 e. The van der Waals surface area contributed by atoms with Crippen LogP contribution in [0.15, 0.2) is 40.4 Å². The molecule has 2 bridgehead atoms. The van der Waals surface area contributed by atoms with Gasteiger partial charge in [-0.05, 0) is 61.1 Å². The van der Waals surface area contributed by atoms with E-state index in [-0.39, 0.29) is 44.8 Å². The Morgan fingerprint density at radius 2 is 1.82 bits per heavy atom. The summed E-state index contributed by atoms with van der Waals surface area (Å²) in [5, 5.41) is 13.5. The van der Waals surface area contributed by atoms with E-state index in [2.05, 4.69) is 10.5 Å². The maximum absolute atomic E-state index is 13.7. The Morgan fingerprint density at radius 1 is 1.15 bits per heavy atom. The van der Waals surface area contributed by atoms with Gasteiger partial charge >= 0.3 is 0 Å². The highest BCUT2D eigenvalue weighted by molar-refractivity contribution is 7.92. The molecule has 34 heavy (non-hydrogen) atoms. The number of hydrogen-bond donors (Lipinski definition) is 2. The fourth-order valence-corrected chi connectivity index (χ4v) is 8.36. The first-order valence-electron chi connectivity index (χ1n) is 10.7. The second-order valence-electron chi connectivity index (χ2n) is 9.00. The van der Waals surface area contributed by atoms with Crippen LogP contribution in [0.25, 0.3) is 0 Å². The van der Waals surface area contributed by atoms with Crippen molar-refractivity contribution in [3.05, 3.63) is 58.4 Å². The van der Waals surface area contributed by atoms with Crippen LogP contribution in [-0.2, 0) is 9.84 Å². The maximum atomic E-state index is 13.7. The van der Waals surface area contributed by atoms with Crippen molar-refractivity contribution in [3.8, 4) is 0 Å². The number of amides is 1. The topological polar surface area (TPSA) is 95.8 Å². The van der Waals surface area contributed by atoms with Crippen LogP contribution >= 0.6 is 11.6 Å². The molecule has 182 valence electrons. The first kappa shape index (κ1) is 24.5. The summed E-state index contributed by atoms with van der Waals surface area (Å²) in [6, 6.07) is 4.96. The molecule has 2 N–H and O–H groups in total. The zero-order valence-electron chi connectivity index (χ0n) is 18.0. The summed E-state index contributed by atoms with van der Waals surface area (Å²) in [6.45, 7) is 2.00. The van der Waals surface area contributed by atoms with E-state index in [1.807, 2.05) is 6.92 Å². The summed E-state index contributed by atoms with van der Waals surface area (Å²) in [5.41, 5.74) is -0.411. The van der Waals surface area contributed by atoms with Crippen LogP contribution < -0.4 is 5.32 Å². The second kappa shape index (κ2) is 9.22. The highest BCUT2D eigenvalue weighted by Crippen LogP contribution is 2.52. The molecule has 2 unspecified atom stereocenters. The molecule has 0 heterocycles. The van der Waals surface area contributed by atoms with E-state index in [0.717, 1.165) is 6.07 Å². The monoisotopic (exact) mass is 514 g/mol. The fraction of sp³-hybridized carbons (Fsp3) is 0.391. The third kappa shape index (κ3) is 4.40. The van der Waals surface area contributed by atoms with E-state index < -0.39 is 38.4 Å². The van der Waals surface area contributed by atoms with Gasteiger partial charge in [0.25, 0.3) is 5.91 Å². The lowest BCUT2D eigenvalue weighted by Crippen LogP contribution is -2.38. The Morgan fingerprint density at radius 3 is 2.44 bits per heavy atom. The Labute approximate surface area is 199 Å². The van der Waals surface area contributed by atoms with Crippen molar-refractivity contribution in [2.24, 2.45) is 28.8 Å². The molecule has 2 aliphatic rings. The van der Waals surface area contributed by atoms with Gasteiger partial charge in [-0.3, -0.25) is 4.79 Å². The third-order valence-electron chi connectivity index (χ3n) is 6.85. The van der Waals surface area contributed by atoms with Gasteiger partial charge in [-0.25, -0.2) is 21.6 Å². The smallest absolute Gasteiger partial charge is 0.255 e. The standard InChI is InChI=1S/C23H22ClF3N2O4S/c1-11-4-14-5-12(10-28-31)6-16(11)22(14)34(32,33)20-7-13(2-3-17(20)24)23(30)29-15-8-18(25)21(27)19(26)9-15/h2-3,7-12,14,16,22,31H,4-6H2,1H3,(H,29,30)/b28-10+/t11-,12-,14?,16?,22+/m0/s1. The molecule has 2 aliphatic carbocycles. The lowest BCUT2D eigenvalue weighted by atomic mass is 9.80. The number of hydrogen-bond acceptors (Lipinski definition) is 5. The molecule has 2 aromatic rings. The van der Waals surface area contributed by atoms with Crippen LogP contribution in [0.3, 0.4) is 0 Å². The molecule has 2 saturated carbocycles. The zero-order chi connectivity index (χ0) is 24.8. The van der Waals surface area contributed by atoms with Crippen LogP contribution in [0.1, 0.15) is 36.5 Å². The molecule has 4 rings (SSSR count). The van der Waals surface area contributed by atoms with Crippen molar-refractivity contribution >= 4 is 39.2 Å². The molecule has 0 radical (unpaired) electrons. The van der Waals surface area contributed by atoms with Crippen LogP contribution in [-0.4, -0.2) is 31.0 Å². The summed E-state index contributed by atoms with van der Waals surface area (Å²) in [5.74, 6) is -5.62. The van der Waals surface area contributed by atoms with Gasteiger partial charge in [-0.15, -0.1) is 5.16 Å². The molecule has 2 aromatic carbocycles. The van der Waals surface area contributed by atoms with E-state index in [1.54, 1.807) is 0 Å². The van der Waals surface area contributed by atoms with E-state index in [4.69, 9.17) is 16.8 Å². The Hall–Kier alpha value is -2.59. The maximum Gasteiger partial charge on any atom is 0.255 e. The van der Waals surface area contributed by atoms with E-state index in [0.29, 0.717) is 31.4 Å². The number of anilines is 1. The van der Waals surface area contributed by atoms with E-state index in [9.17, 15) is 26.4 Å². The van der Waals surface area contributed by atoms with Gasteiger partial charge in [-0.2, -0.15) is 0 Å². The third-order valence-corrected chi connectivity index (χ3v) is 9.69. The van der Waals surface area contributed by atoms with Gasteiger partial charge in [-0.1, -0.05) is 18.5 Å². The van der Waals surface area contributed by atoms with Crippen LogP contribution in [0.5, 0.6) is 0 Å². The average Bonchev–Trinajstić information content (AvgIpc) is 2.98. The van der Waals surface area contributed by atoms with Crippen LogP contribution in [0, 0.1) is 41.1 Å². The summed E-state index contributed by atoms with van der Waals surface area (Å²) in [4.78, 5) is 12.5. The molecule has 2 fully saturated rings. The van der Waals surface area contributed by atoms with Crippen LogP contribution in [0.4, 0.5) is 18.9 Å². The van der Waals surface area contributed by atoms with Gasteiger partial charge in [0, 0.05) is 29.6 Å². The van der Waals surface area contributed by atoms with Gasteiger partial charge in [0.15, 0.2) is 27.3 Å². The quantitative estimate of drug-likeness (QED) is 0.245. The summed E-state index contributed by atoms with van der Waals surface area (Å²) in [7, 11) is -3.94. The van der Waals surface area contributed by atoms with Crippen molar-refractivity contribution in [1.82, 2.24) is 0 Å². The molecule has 5 atom stereocenters. The number of carbonyl (C=O) groups excluding carboxylic acids is 1. The minimum atomic E-state index is -3.94. The number of carbonyl (C=O) groups is 1. The second-order valence-corrected chi connectivity index (χ2v) is 11.5. The number of fused-ring (bicyclic) bond motifs is 2.